The van der Waals surface area contributed by atoms with Crippen LogP contribution in [-0.2, 0) is 6.61 Å². The van der Waals surface area contributed by atoms with Gasteiger partial charge in [-0.3, -0.25) is 4.79 Å². The van der Waals surface area contributed by atoms with E-state index < -0.39 is 5.97 Å². The minimum atomic E-state index is -0.976. The van der Waals surface area contributed by atoms with E-state index in [9.17, 15) is 9.59 Å². The lowest BCUT2D eigenvalue weighted by atomic mass is 10.1. The first-order chi connectivity index (χ1) is 15.0. The summed E-state index contributed by atoms with van der Waals surface area (Å²) in [5.74, 6) is -0.313. The van der Waals surface area contributed by atoms with Crippen molar-refractivity contribution in [1.29, 1.82) is 0 Å². The van der Waals surface area contributed by atoms with Crippen molar-refractivity contribution < 1.29 is 24.2 Å². The van der Waals surface area contributed by atoms with Crippen LogP contribution in [0.1, 0.15) is 31.8 Å². The molecule has 3 rings (SSSR count). The number of carboxylic acids is 1. The molecule has 0 aromatic heterocycles. The molecule has 0 radical (unpaired) electrons. The molecule has 31 heavy (non-hydrogen) atoms. The molecule has 0 fully saturated rings. The van der Waals surface area contributed by atoms with Gasteiger partial charge >= 0.3 is 5.97 Å². The lowest BCUT2D eigenvalue weighted by Crippen LogP contribution is -2.17. The van der Waals surface area contributed by atoms with Crippen LogP contribution >= 0.6 is 11.6 Å². The number of rotatable bonds is 8. The molecule has 0 heterocycles. The van der Waals surface area contributed by atoms with Crippen molar-refractivity contribution in [2.24, 2.45) is 5.10 Å². The van der Waals surface area contributed by atoms with E-state index >= 15 is 0 Å². The number of amides is 1. The standard InChI is InChI=1S/C23H19ClN2O5/c1-30-21-12-16(13-25-26-22(27)17-7-9-19(24)10-8-17)4-11-20(21)31-14-15-2-5-18(6-3-15)23(28)29/h2-13H,14H2,1H3,(H,26,27)(H,28,29)/b25-13-. The SMILES string of the molecule is COc1cc(/C=N\NC(=O)c2ccc(Cl)cc2)ccc1OCc1ccc(C(=O)O)cc1. The summed E-state index contributed by atoms with van der Waals surface area (Å²) >= 11 is 5.81. The van der Waals surface area contributed by atoms with Gasteiger partial charge in [0.15, 0.2) is 11.5 Å². The number of hydrazone groups is 1. The quantitative estimate of drug-likeness (QED) is 0.401. The number of carbonyl (C=O) groups excluding carboxylic acids is 1. The van der Waals surface area contributed by atoms with Crippen LogP contribution in [0.3, 0.4) is 0 Å². The summed E-state index contributed by atoms with van der Waals surface area (Å²) in [7, 11) is 1.52. The Morgan fingerprint density at radius 1 is 1.00 bits per heavy atom. The first kappa shape index (κ1) is 21.9. The highest BCUT2D eigenvalue weighted by molar-refractivity contribution is 6.30. The van der Waals surface area contributed by atoms with Gasteiger partial charge in [-0.1, -0.05) is 23.7 Å². The molecule has 158 valence electrons. The lowest BCUT2D eigenvalue weighted by molar-refractivity contribution is 0.0696. The summed E-state index contributed by atoms with van der Waals surface area (Å²) < 4.78 is 11.2. The summed E-state index contributed by atoms with van der Waals surface area (Å²) in [5, 5.41) is 13.5. The second-order valence-corrected chi connectivity index (χ2v) is 6.84. The zero-order valence-electron chi connectivity index (χ0n) is 16.5. The van der Waals surface area contributed by atoms with Crippen molar-refractivity contribution in [2.45, 2.75) is 6.61 Å². The highest BCUT2D eigenvalue weighted by Crippen LogP contribution is 2.28. The summed E-state index contributed by atoms with van der Waals surface area (Å²) in [5.41, 5.74) is 4.63. The molecule has 1 amide bonds. The third-order valence-electron chi connectivity index (χ3n) is 4.27. The zero-order chi connectivity index (χ0) is 22.2. The Kier molecular flexibility index (Phi) is 7.24. The summed E-state index contributed by atoms with van der Waals surface area (Å²) in [6, 6.07) is 18.1. The summed E-state index contributed by atoms with van der Waals surface area (Å²) in [4.78, 5) is 23.0. The van der Waals surface area contributed by atoms with Crippen LogP contribution in [0.5, 0.6) is 11.5 Å². The highest BCUT2D eigenvalue weighted by atomic mass is 35.5. The molecule has 0 aliphatic heterocycles. The van der Waals surface area contributed by atoms with Crippen molar-refractivity contribution in [3.05, 3.63) is 94.0 Å². The number of carboxylic acid groups (broad SMARTS) is 1. The average molecular weight is 439 g/mol. The van der Waals surface area contributed by atoms with Gasteiger partial charge in [0, 0.05) is 10.6 Å². The smallest absolute Gasteiger partial charge is 0.335 e. The fourth-order valence-electron chi connectivity index (χ4n) is 2.62. The predicted octanol–water partition coefficient (Wildman–Crippen LogP) is 4.39. The van der Waals surface area contributed by atoms with Crippen LogP contribution < -0.4 is 14.9 Å². The zero-order valence-corrected chi connectivity index (χ0v) is 17.3. The molecule has 0 saturated heterocycles. The fraction of sp³-hybridized carbons (Fsp3) is 0.0870. The second-order valence-electron chi connectivity index (χ2n) is 6.41. The van der Waals surface area contributed by atoms with Gasteiger partial charge in [-0.25, -0.2) is 10.2 Å². The van der Waals surface area contributed by atoms with Gasteiger partial charge in [0.05, 0.1) is 18.9 Å². The third kappa shape index (κ3) is 6.07. The molecule has 3 aromatic rings. The molecule has 2 N–H and O–H groups in total. The maximum absolute atomic E-state index is 12.1. The van der Waals surface area contributed by atoms with Gasteiger partial charge in [-0.2, -0.15) is 5.10 Å². The molecular formula is C23H19ClN2O5. The van der Waals surface area contributed by atoms with E-state index in [0.717, 1.165) is 5.56 Å². The number of carbonyl (C=O) groups is 2. The first-order valence-electron chi connectivity index (χ1n) is 9.18. The number of nitrogens with zero attached hydrogens (tertiary/aromatic N) is 1. The minimum absolute atomic E-state index is 0.216. The fourth-order valence-corrected chi connectivity index (χ4v) is 2.75. The van der Waals surface area contributed by atoms with Crippen LogP contribution in [0.15, 0.2) is 71.8 Å². The predicted molar refractivity (Wildman–Crippen MR) is 117 cm³/mol. The van der Waals surface area contributed by atoms with Gasteiger partial charge in [-0.15, -0.1) is 0 Å². The normalized spacial score (nSPS) is 10.6. The van der Waals surface area contributed by atoms with Crippen molar-refractivity contribution in [1.82, 2.24) is 5.43 Å². The Labute approximate surface area is 183 Å². The lowest BCUT2D eigenvalue weighted by Gasteiger charge is -2.11. The van der Waals surface area contributed by atoms with E-state index in [1.807, 2.05) is 0 Å². The maximum Gasteiger partial charge on any atom is 0.335 e. The van der Waals surface area contributed by atoms with Crippen molar-refractivity contribution in [2.75, 3.05) is 7.11 Å². The molecule has 0 bridgehead atoms. The third-order valence-corrected chi connectivity index (χ3v) is 4.52. The van der Waals surface area contributed by atoms with Crippen LogP contribution in [0, 0.1) is 0 Å². The molecule has 0 unspecified atom stereocenters. The van der Waals surface area contributed by atoms with E-state index in [1.165, 1.54) is 25.5 Å². The summed E-state index contributed by atoms with van der Waals surface area (Å²) in [6.07, 6.45) is 1.49. The molecule has 8 heteroatoms. The van der Waals surface area contributed by atoms with Gasteiger partial charge < -0.3 is 14.6 Å². The Hall–Kier alpha value is -3.84. The number of nitrogens with one attached hydrogen (secondary N) is 1. The van der Waals surface area contributed by atoms with E-state index in [-0.39, 0.29) is 18.1 Å². The minimum Gasteiger partial charge on any atom is -0.493 e. The molecule has 0 saturated carbocycles. The number of halogens is 1. The van der Waals surface area contributed by atoms with Gasteiger partial charge in [0.2, 0.25) is 0 Å². The Morgan fingerprint density at radius 3 is 2.32 bits per heavy atom. The van der Waals surface area contributed by atoms with Crippen LogP contribution in [0.4, 0.5) is 0 Å². The average Bonchev–Trinajstić information content (AvgIpc) is 2.78. The van der Waals surface area contributed by atoms with Crippen molar-refractivity contribution in [3.8, 4) is 11.5 Å². The number of aromatic carboxylic acids is 1. The molecule has 0 aliphatic rings. The first-order valence-corrected chi connectivity index (χ1v) is 9.56. The Bertz CT molecular complexity index is 1100. The highest BCUT2D eigenvalue weighted by Gasteiger charge is 2.08. The number of ether oxygens (including phenoxy) is 2. The Balaban J connectivity index is 1.61. The van der Waals surface area contributed by atoms with Crippen molar-refractivity contribution >= 4 is 29.7 Å². The van der Waals surface area contributed by atoms with E-state index in [1.54, 1.807) is 54.6 Å². The summed E-state index contributed by atoms with van der Waals surface area (Å²) in [6.45, 7) is 0.251. The molecule has 0 spiro atoms. The van der Waals surface area contributed by atoms with Crippen LogP contribution in [0.25, 0.3) is 0 Å². The maximum atomic E-state index is 12.1. The number of hydrogen-bond acceptors (Lipinski definition) is 5. The topological polar surface area (TPSA) is 97.2 Å². The van der Waals surface area contributed by atoms with Gasteiger partial charge in [0.25, 0.3) is 5.91 Å². The van der Waals surface area contributed by atoms with E-state index in [0.29, 0.717) is 27.6 Å². The van der Waals surface area contributed by atoms with Gasteiger partial charge in [-0.05, 0) is 65.7 Å². The largest absolute Gasteiger partial charge is 0.493 e. The molecule has 0 aliphatic carbocycles. The van der Waals surface area contributed by atoms with Crippen LogP contribution in [-0.4, -0.2) is 30.3 Å². The van der Waals surface area contributed by atoms with Gasteiger partial charge in [0.1, 0.15) is 6.61 Å². The molecule has 7 nitrogen and oxygen atoms in total. The molecule has 3 aromatic carbocycles. The number of benzene rings is 3. The van der Waals surface area contributed by atoms with E-state index in [4.69, 9.17) is 26.2 Å². The molecule has 0 atom stereocenters. The number of methoxy groups -OCH3 is 1. The molecular weight excluding hydrogens is 420 g/mol. The monoisotopic (exact) mass is 438 g/mol. The van der Waals surface area contributed by atoms with E-state index in [2.05, 4.69) is 10.5 Å². The van der Waals surface area contributed by atoms with Crippen molar-refractivity contribution in [3.63, 3.8) is 0 Å². The van der Waals surface area contributed by atoms with Crippen LogP contribution in [0.2, 0.25) is 5.02 Å². The Morgan fingerprint density at radius 2 is 1.68 bits per heavy atom. The number of hydrogen-bond donors (Lipinski definition) is 2. The second kappa shape index (κ2) is 10.3.